The molecule has 3 aromatic rings. The summed E-state index contributed by atoms with van der Waals surface area (Å²) >= 11 is 5.90. The normalized spacial score (nSPS) is 11.1. The lowest BCUT2D eigenvalue weighted by molar-refractivity contribution is -0.119. The number of nitrogens with zero attached hydrogens (tertiary/aromatic N) is 1. The second-order valence-corrected chi connectivity index (χ2v) is 9.42. The van der Waals surface area contributed by atoms with Crippen molar-refractivity contribution >= 4 is 33.2 Å². The van der Waals surface area contributed by atoms with Crippen LogP contribution in [0.25, 0.3) is 0 Å². The fraction of sp³-hybridized carbons (Fsp3) is 0.208. The van der Waals surface area contributed by atoms with Crippen LogP contribution in [0, 0.1) is 5.82 Å². The predicted octanol–water partition coefficient (Wildman–Crippen LogP) is 4.43. The number of rotatable bonds is 10. The SMILES string of the molecule is CCOc1ccc(N(CC(=O)NCCc2ccc(F)cc2)S(=O)(=O)c2ccc(Cl)cc2)cc1. The van der Waals surface area contributed by atoms with E-state index >= 15 is 0 Å². The summed E-state index contributed by atoms with van der Waals surface area (Å²) in [4.78, 5) is 12.7. The van der Waals surface area contributed by atoms with Gasteiger partial charge in [0.2, 0.25) is 5.91 Å². The van der Waals surface area contributed by atoms with E-state index in [0.29, 0.717) is 29.5 Å². The number of hydrogen-bond donors (Lipinski definition) is 1. The van der Waals surface area contributed by atoms with E-state index in [1.807, 2.05) is 6.92 Å². The highest BCUT2D eigenvalue weighted by Crippen LogP contribution is 2.26. The molecule has 0 fully saturated rings. The van der Waals surface area contributed by atoms with Crippen LogP contribution in [-0.2, 0) is 21.2 Å². The van der Waals surface area contributed by atoms with Gasteiger partial charge in [0.25, 0.3) is 10.0 Å². The lowest BCUT2D eigenvalue weighted by Gasteiger charge is -2.24. The second-order valence-electron chi connectivity index (χ2n) is 7.12. The average molecular weight is 491 g/mol. The molecule has 0 saturated heterocycles. The summed E-state index contributed by atoms with van der Waals surface area (Å²) in [5.41, 5.74) is 1.18. The minimum Gasteiger partial charge on any atom is -0.494 e. The predicted molar refractivity (Wildman–Crippen MR) is 127 cm³/mol. The molecular weight excluding hydrogens is 467 g/mol. The van der Waals surface area contributed by atoms with E-state index < -0.39 is 22.5 Å². The third-order valence-corrected chi connectivity index (χ3v) is 6.81. The highest BCUT2D eigenvalue weighted by Gasteiger charge is 2.27. The van der Waals surface area contributed by atoms with Crippen LogP contribution in [-0.4, -0.2) is 34.0 Å². The molecule has 0 spiro atoms. The average Bonchev–Trinajstić information content (AvgIpc) is 2.80. The van der Waals surface area contributed by atoms with Crippen molar-refractivity contribution in [3.05, 3.63) is 89.2 Å². The largest absolute Gasteiger partial charge is 0.494 e. The van der Waals surface area contributed by atoms with Crippen LogP contribution in [0.2, 0.25) is 5.02 Å². The van der Waals surface area contributed by atoms with Gasteiger partial charge in [-0.3, -0.25) is 9.10 Å². The molecule has 1 N–H and O–H groups in total. The van der Waals surface area contributed by atoms with Crippen molar-refractivity contribution in [3.8, 4) is 5.75 Å². The summed E-state index contributed by atoms with van der Waals surface area (Å²) in [6.07, 6.45) is 0.485. The minimum absolute atomic E-state index is 0.0138. The van der Waals surface area contributed by atoms with Crippen LogP contribution in [0.4, 0.5) is 10.1 Å². The molecule has 0 aromatic heterocycles. The fourth-order valence-corrected chi connectivity index (χ4v) is 4.65. The molecule has 174 valence electrons. The lowest BCUT2D eigenvalue weighted by atomic mass is 10.1. The summed E-state index contributed by atoms with van der Waals surface area (Å²) in [6.45, 7) is 2.19. The molecule has 0 radical (unpaired) electrons. The molecule has 0 bridgehead atoms. The van der Waals surface area contributed by atoms with E-state index in [0.717, 1.165) is 9.87 Å². The van der Waals surface area contributed by atoms with E-state index in [2.05, 4.69) is 5.32 Å². The van der Waals surface area contributed by atoms with Crippen molar-refractivity contribution in [1.82, 2.24) is 5.32 Å². The third-order valence-electron chi connectivity index (χ3n) is 4.77. The van der Waals surface area contributed by atoms with Gasteiger partial charge in [0.05, 0.1) is 17.2 Å². The molecule has 33 heavy (non-hydrogen) atoms. The smallest absolute Gasteiger partial charge is 0.264 e. The molecule has 1 amide bonds. The second kappa shape index (κ2) is 11.2. The summed E-state index contributed by atoms with van der Waals surface area (Å²) in [5, 5.41) is 3.13. The van der Waals surface area contributed by atoms with Gasteiger partial charge in [0.15, 0.2) is 0 Å². The number of hydrogen-bond acceptors (Lipinski definition) is 4. The molecule has 3 rings (SSSR count). The number of carbonyl (C=O) groups is 1. The number of amides is 1. The Morgan fingerprint density at radius 1 is 1.00 bits per heavy atom. The van der Waals surface area contributed by atoms with Gasteiger partial charge in [-0.15, -0.1) is 0 Å². The van der Waals surface area contributed by atoms with Gasteiger partial charge in [-0.1, -0.05) is 23.7 Å². The zero-order valence-corrected chi connectivity index (χ0v) is 19.6. The van der Waals surface area contributed by atoms with Gasteiger partial charge in [0.1, 0.15) is 18.1 Å². The summed E-state index contributed by atoms with van der Waals surface area (Å²) < 4.78 is 46.2. The van der Waals surface area contributed by atoms with Gasteiger partial charge < -0.3 is 10.1 Å². The number of nitrogens with one attached hydrogen (secondary N) is 1. The Kier molecular flexibility index (Phi) is 8.30. The van der Waals surface area contributed by atoms with Gasteiger partial charge in [-0.05, 0) is 79.6 Å². The molecule has 0 saturated carbocycles. The van der Waals surface area contributed by atoms with Crippen LogP contribution in [0.3, 0.4) is 0 Å². The van der Waals surface area contributed by atoms with E-state index in [9.17, 15) is 17.6 Å². The van der Waals surface area contributed by atoms with Crippen molar-refractivity contribution in [2.24, 2.45) is 0 Å². The molecule has 3 aromatic carbocycles. The standard InChI is InChI=1S/C24H24ClFN2O4S/c1-2-32-22-11-9-21(10-12-22)28(33(30,31)23-13-5-19(25)6-14-23)17-24(29)27-16-15-18-3-7-20(26)8-4-18/h3-14H,2,15-17H2,1H3,(H,27,29). The van der Waals surface area contributed by atoms with Gasteiger partial charge >= 0.3 is 0 Å². The molecule has 0 aliphatic carbocycles. The maximum atomic E-state index is 13.4. The molecule has 0 atom stereocenters. The number of benzene rings is 3. The zero-order chi connectivity index (χ0) is 23.8. The Bertz CT molecular complexity index is 1170. The number of sulfonamides is 1. The maximum absolute atomic E-state index is 13.4. The van der Waals surface area contributed by atoms with Crippen LogP contribution < -0.4 is 14.4 Å². The van der Waals surface area contributed by atoms with Crippen LogP contribution in [0.5, 0.6) is 5.75 Å². The van der Waals surface area contributed by atoms with E-state index in [4.69, 9.17) is 16.3 Å². The Morgan fingerprint density at radius 2 is 1.64 bits per heavy atom. The van der Waals surface area contributed by atoms with E-state index in [1.54, 1.807) is 36.4 Å². The first-order chi connectivity index (χ1) is 15.8. The highest BCUT2D eigenvalue weighted by atomic mass is 35.5. The van der Waals surface area contributed by atoms with E-state index in [-0.39, 0.29) is 17.3 Å². The van der Waals surface area contributed by atoms with E-state index in [1.165, 1.54) is 36.4 Å². The van der Waals surface area contributed by atoms with Crippen LogP contribution in [0.15, 0.2) is 77.7 Å². The lowest BCUT2D eigenvalue weighted by Crippen LogP contribution is -2.41. The minimum atomic E-state index is -4.04. The van der Waals surface area contributed by atoms with Crippen LogP contribution >= 0.6 is 11.6 Å². The highest BCUT2D eigenvalue weighted by molar-refractivity contribution is 7.92. The van der Waals surface area contributed by atoms with Crippen LogP contribution in [0.1, 0.15) is 12.5 Å². The van der Waals surface area contributed by atoms with Gasteiger partial charge in [0, 0.05) is 11.6 Å². The first-order valence-electron chi connectivity index (χ1n) is 10.3. The first-order valence-corrected chi connectivity index (χ1v) is 12.1. The quantitative estimate of drug-likeness (QED) is 0.456. The monoisotopic (exact) mass is 490 g/mol. The Hall–Kier alpha value is -3.10. The summed E-state index contributed by atoms with van der Waals surface area (Å²) in [6, 6.07) is 18.2. The van der Waals surface area contributed by atoms with Gasteiger partial charge in [-0.25, -0.2) is 12.8 Å². The van der Waals surface area contributed by atoms with Crippen molar-refractivity contribution in [2.45, 2.75) is 18.2 Å². The van der Waals surface area contributed by atoms with Crippen molar-refractivity contribution in [1.29, 1.82) is 0 Å². The molecule has 0 unspecified atom stereocenters. The molecular formula is C24H24ClFN2O4S. The molecule has 0 aliphatic heterocycles. The molecule has 0 aliphatic rings. The Morgan fingerprint density at radius 3 is 2.24 bits per heavy atom. The Balaban J connectivity index is 1.78. The molecule has 6 nitrogen and oxygen atoms in total. The van der Waals surface area contributed by atoms with Crippen molar-refractivity contribution < 1.29 is 22.3 Å². The first kappa shape index (κ1) is 24.5. The molecule has 0 heterocycles. The topological polar surface area (TPSA) is 75.7 Å². The number of anilines is 1. The van der Waals surface area contributed by atoms with Gasteiger partial charge in [-0.2, -0.15) is 0 Å². The fourth-order valence-electron chi connectivity index (χ4n) is 3.11. The molecule has 9 heteroatoms. The Labute approximate surface area is 198 Å². The number of halogens is 2. The number of carbonyl (C=O) groups excluding carboxylic acids is 1. The third kappa shape index (κ3) is 6.69. The number of ether oxygens (including phenoxy) is 1. The van der Waals surface area contributed by atoms with Crippen molar-refractivity contribution in [3.63, 3.8) is 0 Å². The summed E-state index contributed by atoms with van der Waals surface area (Å²) in [7, 11) is -4.04. The zero-order valence-electron chi connectivity index (χ0n) is 18.0. The summed E-state index contributed by atoms with van der Waals surface area (Å²) in [5.74, 6) is -0.210. The maximum Gasteiger partial charge on any atom is 0.264 e. The van der Waals surface area contributed by atoms with Crippen molar-refractivity contribution in [2.75, 3.05) is 24.0 Å².